The van der Waals surface area contributed by atoms with Gasteiger partial charge in [0.15, 0.2) is 5.78 Å². The third kappa shape index (κ3) is 1.80. The van der Waals surface area contributed by atoms with Crippen molar-refractivity contribution in [3.05, 3.63) is 73.1 Å². The monoisotopic (exact) mass is 294 g/mol. The van der Waals surface area contributed by atoms with E-state index in [1.807, 2.05) is 23.0 Å². The van der Waals surface area contributed by atoms with Crippen molar-refractivity contribution < 1.29 is 4.79 Å². The Morgan fingerprint density at radius 3 is 2.45 bits per heavy atom. The third-order valence-electron chi connectivity index (χ3n) is 2.98. The molecule has 0 N–H and O–H groups in total. The third-order valence-corrected chi connectivity index (χ3v) is 5.11. The molecular formula is C15H6N2OS2. The van der Waals surface area contributed by atoms with Gasteiger partial charge in [-0.15, -0.1) is 0 Å². The minimum Gasteiger partial charge on any atom is -0.289 e. The molecule has 1 aromatic rings. The average molecular weight is 294 g/mol. The molecule has 0 atom stereocenters. The number of Topliss-reactive ketones (excluding diaryl/α,β-unsaturated/α-hetero) is 1. The van der Waals surface area contributed by atoms with Crippen LogP contribution in [0.25, 0.3) is 10.4 Å². The molecule has 0 aromatic heterocycles. The fourth-order valence-electron chi connectivity index (χ4n) is 2.18. The van der Waals surface area contributed by atoms with Crippen molar-refractivity contribution in [1.82, 2.24) is 0 Å². The standard InChI is InChI=1S/C15H6N2OS2/c1-17-11(8-16)12-9-4-2-3-5-10(9)14(18)13(12)15-19-6-7-20-15/h2-7H/b12-11+. The Bertz CT molecular complexity index is 778. The number of ketones is 1. The number of carbonyl (C=O) groups is 1. The zero-order valence-corrected chi connectivity index (χ0v) is 11.7. The van der Waals surface area contributed by atoms with E-state index in [1.54, 1.807) is 18.2 Å². The summed E-state index contributed by atoms with van der Waals surface area (Å²) in [5.74, 6) is -0.106. The van der Waals surface area contributed by atoms with Crippen LogP contribution in [0.3, 0.4) is 0 Å². The van der Waals surface area contributed by atoms with Crippen molar-refractivity contribution in [2.45, 2.75) is 0 Å². The molecular weight excluding hydrogens is 288 g/mol. The van der Waals surface area contributed by atoms with Gasteiger partial charge in [0, 0.05) is 16.7 Å². The fraction of sp³-hybridized carbons (Fsp3) is 0. The van der Waals surface area contributed by atoms with Crippen LogP contribution in [0.5, 0.6) is 0 Å². The van der Waals surface area contributed by atoms with Gasteiger partial charge in [-0.25, -0.2) is 10.1 Å². The van der Waals surface area contributed by atoms with Crippen LogP contribution in [-0.4, -0.2) is 5.78 Å². The van der Waals surface area contributed by atoms with Gasteiger partial charge in [-0.1, -0.05) is 47.8 Å². The van der Waals surface area contributed by atoms with Crippen LogP contribution in [0, 0.1) is 17.9 Å². The molecule has 3 nitrogen and oxygen atoms in total. The van der Waals surface area contributed by atoms with Crippen molar-refractivity contribution in [2.75, 3.05) is 0 Å². The second-order valence-corrected chi connectivity index (χ2v) is 6.08. The second kappa shape index (κ2) is 5.05. The maximum Gasteiger partial charge on any atom is 0.270 e. The molecule has 1 aliphatic heterocycles. The lowest BCUT2D eigenvalue weighted by atomic mass is 10.0. The summed E-state index contributed by atoms with van der Waals surface area (Å²) in [7, 11) is 0. The number of rotatable bonds is 0. The molecule has 0 fully saturated rings. The van der Waals surface area contributed by atoms with E-state index in [0.29, 0.717) is 22.3 Å². The highest BCUT2D eigenvalue weighted by molar-refractivity contribution is 8.27. The van der Waals surface area contributed by atoms with Gasteiger partial charge in [0.25, 0.3) is 5.70 Å². The van der Waals surface area contributed by atoms with Crippen LogP contribution < -0.4 is 0 Å². The quantitative estimate of drug-likeness (QED) is 0.409. The first-order valence-corrected chi connectivity index (χ1v) is 7.42. The molecule has 0 saturated heterocycles. The predicted octanol–water partition coefficient (Wildman–Crippen LogP) is 4.20. The number of nitriles is 1. The van der Waals surface area contributed by atoms with E-state index in [9.17, 15) is 10.1 Å². The largest absolute Gasteiger partial charge is 0.289 e. The molecule has 20 heavy (non-hydrogen) atoms. The number of carbonyl (C=O) groups excluding carboxylic acids is 1. The zero-order valence-electron chi connectivity index (χ0n) is 10.1. The van der Waals surface area contributed by atoms with Crippen molar-refractivity contribution >= 4 is 34.9 Å². The molecule has 3 rings (SSSR count). The molecule has 2 aliphatic rings. The zero-order chi connectivity index (χ0) is 14.1. The summed E-state index contributed by atoms with van der Waals surface area (Å²) in [4.78, 5) is 15.9. The lowest BCUT2D eigenvalue weighted by Gasteiger charge is -2.04. The van der Waals surface area contributed by atoms with Gasteiger partial charge >= 0.3 is 0 Å². The summed E-state index contributed by atoms with van der Waals surface area (Å²) < 4.78 is 0.831. The summed E-state index contributed by atoms with van der Waals surface area (Å²) in [6, 6.07) is 9.04. The highest BCUT2D eigenvalue weighted by atomic mass is 32.2. The van der Waals surface area contributed by atoms with Crippen LogP contribution in [0.15, 0.2) is 50.6 Å². The van der Waals surface area contributed by atoms with E-state index in [-0.39, 0.29) is 11.5 Å². The number of hydrogen-bond donors (Lipinski definition) is 0. The molecule has 0 saturated carbocycles. The Hall–Kier alpha value is -2.21. The van der Waals surface area contributed by atoms with Crippen LogP contribution in [0.2, 0.25) is 0 Å². The van der Waals surface area contributed by atoms with E-state index in [2.05, 4.69) is 4.85 Å². The van der Waals surface area contributed by atoms with Crippen LogP contribution >= 0.6 is 23.5 Å². The molecule has 0 amide bonds. The van der Waals surface area contributed by atoms with Gasteiger partial charge in [0.2, 0.25) is 0 Å². The fourth-order valence-corrected chi connectivity index (χ4v) is 4.06. The maximum atomic E-state index is 12.6. The Kier molecular flexibility index (Phi) is 3.23. The van der Waals surface area contributed by atoms with E-state index < -0.39 is 0 Å². The molecule has 1 heterocycles. The van der Waals surface area contributed by atoms with Crippen LogP contribution in [0.1, 0.15) is 15.9 Å². The summed E-state index contributed by atoms with van der Waals surface area (Å²) in [6.45, 7) is 7.17. The maximum absolute atomic E-state index is 12.6. The van der Waals surface area contributed by atoms with Crippen molar-refractivity contribution in [2.24, 2.45) is 0 Å². The van der Waals surface area contributed by atoms with Gasteiger partial charge in [0.05, 0.1) is 16.9 Å². The molecule has 0 spiro atoms. The lowest BCUT2D eigenvalue weighted by Crippen LogP contribution is -1.97. The lowest BCUT2D eigenvalue weighted by molar-refractivity contribution is 0.104. The van der Waals surface area contributed by atoms with Gasteiger partial charge in [-0.2, -0.15) is 0 Å². The second-order valence-electron chi connectivity index (χ2n) is 3.99. The molecule has 0 bridgehead atoms. The minimum absolute atomic E-state index is 0.0288. The highest BCUT2D eigenvalue weighted by Crippen LogP contribution is 2.49. The van der Waals surface area contributed by atoms with Crippen molar-refractivity contribution in [1.29, 1.82) is 5.26 Å². The molecule has 1 aliphatic carbocycles. The SMILES string of the molecule is [C-]#[N+]/C(C#N)=C1/C(=C2SC=CS2)C(=O)c2ccccc21. The topological polar surface area (TPSA) is 45.2 Å². The Labute approximate surface area is 124 Å². The van der Waals surface area contributed by atoms with E-state index in [0.717, 1.165) is 4.24 Å². The van der Waals surface area contributed by atoms with E-state index >= 15 is 0 Å². The number of allylic oxidation sites excluding steroid dienone is 3. The first-order chi connectivity index (χ1) is 9.77. The number of thioether (sulfide) groups is 2. The Balaban J connectivity index is 2.36. The van der Waals surface area contributed by atoms with Gasteiger partial charge in [-0.05, 0) is 16.4 Å². The van der Waals surface area contributed by atoms with Crippen LogP contribution in [0.4, 0.5) is 0 Å². The van der Waals surface area contributed by atoms with E-state index in [1.165, 1.54) is 23.5 Å². The molecule has 1 aromatic carbocycles. The average Bonchev–Trinajstić information content (AvgIpc) is 3.09. The van der Waals surface area contributed by atoms with Gasteiger partial charge in [-0.3, -0.25) is 4.79 Å². The highest BCUT2D eigenvalue weighted by Gasteiger charge is 2.34. The molecule has 0 unspecified atom stereocenters. The minimum atomic E-state index is -0.106. The summed E-state index contributed by atoms with van der Waals surface area (Å²) in [5.41, 5.74) is 2.18. The Morgan fingerprint density at radius 2 is 1.85 bits per heavy atom. The first kappa shape index (κ1) is 12.8. The molecule has 94 valence electrons. The normalized spacial score (nSPS) is 18.8. The molecule has 5 heteroatoms. The van der Waals surface area contributed by atoms with Gasteiger partial charge in [0.1, 0.15) is 0 Å². The number of nitrogens with zero attached hydrogens (tertiary/aromatic N) is 2. The number of benzene rings is 1. The Morgan fingerprint density at radius 1 is 1.20 bits per heavy atom. The number of hydrogen-bond acceptors (Lipinski definition) is 4. The smallest absolute Gasteiger partial charge is 0.270 e. The van der Waals surface area contributed by atoms with Crippen molar-refractivity contribution in [3.63, 3.8) is 0 Å². The predicted molar refractivity (Wildman–Crippen MR) is 81.3 cm³/mol. The first-order valence-electron chi connectivity index (χ1n) is 5.67. The summed E-state index contributed by atoms with van der Waals surface area (Å²) in [5, 5.41) is 13.0. The summed E-state index contributed by atoms with van der Waals surface area (Å²) in [6.07, 6.45) is 0. The summed E-state index contributed by atoms with van der Waals surface area (Å²) >= 11 is 2.90. The number of fused-ring (bicyclic) bond motifs is 1. The van der Waals surface area contributed by atoms with Crippen LogP contribution in [-0.2, 0) is 0 Å². The van der Waals surface area contributed by atoms with Gasteiger partial charge < -0.3 is 0 Å². The van der Waals surface area contributed by atoms with Crippen molar-refractivity contribution in [3.8, 4) is 6.07 Å². The molecule has 0 radical (unpaired) electrons. The van der Waals surface area contributed by atoms with E-state index in [4.69, 9.17) is 6.57 Å².